The molecule has 37 heavy (non-hydrogen) atoms. The summed E-state index contributed by atoms with van der Waals surface area (Å²) in [5.74, 6) is 2.58. The quantitative estimate of drug-likeness (QED) is 0.314. The highest BCUT2D eigenvalue weighted by Gasteiger charge is 2.61. The molecule has 0 aliphatic heterocycles. The van der Waals surface area contributed by atoms with Crippen molar-refractivity contribution in [1.29, 1.82) is 0 Å². The van der Waals surface area contributed by atoms with Gasteiger partial charge in [0.05, 0.1) is 12.7 Å². The molecule has 0 unspecified atom stereocenters. The van der Waals surface area contributed by atoms with Crippen molar-refractivity contribution in [2.45, 2.75) is 116 Å². The van der Waals surface area contributed by atoms with Crippen LogP contribution in [0.25, 0.3) is 0 Å². The van der Waals surface area contributed by atoms with E-state index in [4.69, 9.17) is 9.16 Å². The van der Waals surface area contributed by atoms with Crippen molar-refractivity contribution in [3.8, 4) is 5.75 Å². The number of carbonyl (C=O) groups excluding carboxylic acids is 1. The molecule has 4 rings (SSSR count). The summed E-state index contributed by atoms with van der Waals surface area (Å²) in [5.41, 5.74) is 2.04. The van der Waals surface area contributed by atoms with Crippen LogP contribution in [0.15, 0.2) is 18.2 Å². The Kier molecular flexibility index (Phi) is 7.72. The maximum absolute atomic E-state index is 12.3. The van der Waals surface area contributed by atoms with E-state index >= 15 is 0 Å². The minimum Gasteiger partial charge on any atom is -0.543 e. The highest BCUT2D eigenvalue weighted by Crippen LogP contribution is 2.64. The van der Waals surface area contributed by atoms with E-state index in [0.29, 0.717) is 24.3 Å². The Hall–Kier alpha value is -1.37. The van der Waals surface area contributed by atoms with Crippen molar-refractivity contribution >= 4 is 14.3 Å². The molecule has 1 aromatic carbocycles. The van der Waals surface area contributed by atoms with Gasteiger partial charge in [-0.05, 0) is 104 Å². The predicted octanol–water partition coefficient (Wildman–Crippen LogP) is 6.45. The minimum absolute atomic E-state index is 0.108. The van der Waals surface area contributed by atoms with Crippen molar-refractivity contribution in [3.63, 3.8) is 0 Å². The van der Waals surface area contributed by atoms with Gasteiger partial charge in [0, 0.05) is 12.0 Å². The molecule has 5 nitrogen and oxygen atoms in total. The fourth-order valence-electron chi connectivity index (χ4n) is 7.47. The summed E-state index contributed by atoms with van der Waals surface area (Å²) in [6.45, 7) is 18.3. The number of hydrogen-bond acceptors (Lipinski definition) is 5. The summed E-state index contributed by atoms with van der Waals surface area (Å²) < 4.78 is 11.7. The molecule has 6 heteroatoms. The maximum Gasteiger partial charge on any atom is 0.323 e. The Labute approximate surface area is 226 Å². The summed E-state index contributed by atoms with van der Waals surface area (Å²) in [6.07, 6.45) is 6.25. The molecule has 0 spiro atoms. The third-order valence-electron chi connectivity index (χ3n) is 10.9. The van der Waals surface area contributed by atoms with E-state index in [-0.39, 0.29) is 22.3 Å². The molecule has 2 N–H and O–H groups in total. The van der Waals surface area contributed by atoms with Crippen molar-refractivity contribution in [3.05, 3.63) is 29.3 Å². The maximum atomic E-state index is 12.3. The predicted molar refractivity (Wildman–Crippen MR) is 152 cm³/mol. The van der Waals surface area contributed by atoms with E-state index in [9.17, 15) is 9.90 Å². The molecule has 2 saturated carbocycles. The molecule has 2 fully saturated rings. The Bertz CT molecular complexity index is 1000. The number of ether oxygens (including phenoxy) is 1. The smallest absolute Gasteiger partial charge is 0.323 e. The van der Waals surface area contributed by atoms with Gasteiger partial charge in [-0.25, -0.2) is 0 Å². The number of esters is 1. The lowest BCUT2D eigenvalue weighted by molar-refractivity contribution is -0.145. The van der Waals surface area contributed by atoms with Gasteiger partial charge < -0.3 is 19.6 Å². The molecule has 3 aliphatic rings. The SMILES string of the molecule is COC(=O)[C@@H](NC[C@]1(O)CC[C@H]2[C@@H]3CCc4cc(O[Si](C)(C)C(C)(C)C)ccc4[C@H]3CC[C@@]21C)C(C)C. The minimum atomic E-state index is -1.86. The van der Waals surface area contributed by atoms with Crippen molar-refractivity contribution in [2.24, 2.45) is 23.2 Å². The standard InChI is InChI=1S/C31H51NO4Si/c1-20(2)27(28(33)35-7)32-19-31(34)17-15-26-25-12-10-21-18-22(36-37(8,9)29(3,4)5)11-13-23(21)24(25)14-16-30(26,31)6/h11,13,18,20,24-27,32,34H,10,12,14-17,19H2,1-9H3/t24-,25-,26+,27+,30+,31-/m1/s1. The number of aryl methyl sites for hydroxylation is 1. The molecule has 0 amide bonds. The average Bonchev–Trinajstić information content (AvgIpc) is 3.08. The third-order valence-corrected chi connectivity index (χ3v) is 15.3. The highest BCUT2D eigenvalue weighted by molar-refractivity contribution is 6.74. The van der Waals surface area contributed by atoms with Gasteiger partial charge in [-0.3, -0.25) is 4.79 Å². The fourth-order valence-corrected chi connectivity index (χ4v) is 8.49. The number of carbonyl (C=O) groups is 1. The molecule has 0 heterocycles. The average molecular weight is 530 g/mol. The first-order chi connectivity index (χ1) is 17.1. The summed E-state index contributed by atoms with van der Waals surface area (Å²) in [4.78, 5) is 12.3. The number of nitrogens with one attached hydrogen (secondary N) is 1. The molecule has 0 saturated heterocycles. The summed E-state index contributed by atoms with van der Waals surface area (Å²) in [6, 6.07) is 6.50. The van der Waals surface area contributed by atoms with Gasteiger partial charge in [-0.2, -0.15) is 0 Å². The Morgan fingerprint density at radius 1 is 1.19 bits per heavy atom. The van der Waals surface area contributed by atoms with Gasteiger partial charge >= 0.3 is 5.97 Å². The monoisotopic (exact) mass is 529 g/mol. The number of methoxy groups -OCH3 is 1. The number of fused-ring (bicyclic) bond motifs is 5. The van der Waals surface area contributed by atoms with Gasteiger partial charge in [-0.15, -0.1) is 0 Å². The van der Waals surface area contributed by atoms with Crippen LogP contribution < -0.4 is 9.74 Å². The molecule has 3 aliphatic carbocycles. The zero-order valence-corrected chi connectivity index (χ0v) is 25.7. The zero-order valence-electron chi connectivity index (χ0n) is 24.7. The molecule has 0 bridgehead atoms. The molecule has 1 aromatic rings. The first kappa shape index (κ1) is 28.6. The number of rotatable bonds is 7. The second kappa shape index (κ2) is 9.98. The largest absolute Gasteiger partial charge is 0.543 e. The van der Waals surface area contributed by atoms with Crippen molar-refractivity contribution in [2.75, 3.05) is 13.7 Å². The van der Waals surface area contributed by atoms with Crippen LogP contribution in [0.3, 0.4) is 0 Å². The Balaban J connectivity index is 1.50. The summed E-state index contributed by atoms with van der Waals surface area (Å²) in [7, 11) is -0.429. The van der Waals surface area contributed by atoms with Crippen LogP contribution in [0.4, 0.5) is 0 Å². The van der Waals surface area contributed by atoms with Gasteiger partial charge in [0.2, 0.25) is 8.32 Å². The third kappa shape index (κ3) is 5.03. The van der Waals surface area contributed by atoms with E-state index in [0.717, 1.165) is 37.9 Å². The molecular weight excluding hydrogens is 478 g/mol. The summed E-state index contributed by atoms with van der Waals surface area (Å²) in [5, 5.41) is 15.6. The first-order valence-electron chi connectivity index (χ1n) is 14.5. The van der Waals surface area contributed by atoms with Gasteiger partial charge in [-0.1, -0.05) is 47.6 Å². The van der Waals surface area contributed by atoms with Gasteiger partial charge in [0.15, 0.2) is 0 Å². The van der Waals surface area contributed by atoms with Gasteiger partial charge in [0.1, 0.15) is 11.8 Å². The van der Waals surface area contributed by atoms with E-state index in [1.807, 2.05) is 13.8 Å². The second-order valence-electron chi connectivity index (χ2n) is 14.3. The molecule has 0 radical (unpaired) electrons. The van der Waals surface area contributed by atoms with Crippen molar-refractivity contribution in [1.82, 2.24) is 5.32 Å². The number of benzene rings is 1. The lowest BCUT2D eigenvalue weighted by Crippen LogP contribution is -2.57. The van der Waals surface area contributed by atoms with Crippen molar-refractivity contribution < 1.29 is 19.1 Å². The van der Waals surface area contributed by atoms with Crippen LogP contribution in [0.1, 0.15) is 90.7 Å². The molecule has 6 atom stereocenters. The molecule has 208 valence electrons. The van der Waals surface area contributed by atoms with Crippen LogP contribution in [-0.4, -0.2) is 44.7 Å². The van der Waals surface area contributed by atoms with E-state index in [1.54, 1.807) is 0 Å². The lowest BCUT2D eigenvalue weighted by atomic mass is 9.53. The van der Waals surface area contributed by atoms with Gasteiger partial charge in [0.25, 0.3) is 0 Å². The van der Waals surface area contributed by atoms with Crippen LogP contribution in [0.2, 0.25) is 18.1 Å². The van der Waals surface area contributed by atoms with E-state index < -0.39 is 20.0 Å². The normalized spacial score (nSPS) is 32.4. The van der Waals surface area contributed by atoms with Crippen LogP contribution in [0.5, 0.6) is 5.75 Å². The lowest BCUT2D eigenvalue weighted by Gasteiger charge is -2.53. The molecular formula is C31H51NO4Si. The topological polar surface area (TPSA) is 67.8 Å². The molecule has 0 aromatic heterocycles. The summed E-state index contributed by atoms with van der Waals surface area (Å²) >= 11 is 0. The number of hydrogen-bond donors (Lipinski definition) is 2. The number of aliphatic hydroxyl groups is 1. The van der Waals surface area contributed by atoms with Crippen LogP contribution >= 0.6 is 0 Å². The first-order valence-corrected chi connectivity index (χ1v) is 17.4. The second-order valence-corrected chi connectivity index (χ2v) is 19.0. The zero-order chi connectivity index (χ0) is 27.4. The van der Waals surface area contributed by atoms with Crippen LogP contribution in [-0.2, 0) is 16.0 Å². The van der Waals surface area contributed by atoms with E-state index in [1.165, 1.54) is 24.7 Å². The Morgan fingerprint density at radius 3 is 2.51 bits per heavy atom. The fraction of sp³-hybridized carbons (Fsp3) is 0.774. The highest BCUT2D eigenvalue weighted by atomic mass is 28.4. The Morgan fingerprint density at radius 2 is 1.89 bits per heavy atom. The van der Waals surface area contributed by atoms with Crippen LogP contribution in [0, 0.1) is 23.2 Å². The van der Waals surface area contributed by atoms with E-state index in [2.05, 4.69) is 64.3 Å².